The fourth-order valence-corrected chi connectivity index (χ4v) is 10.2. The third-order valence-corrected chi connectivity index (χ3v) is 11.9. The van der Waals surface area contributed by atoms with E-state index in [1.165, 1.54) is 51.4 Å². The van der Waals surface area contributed by atoms with Crippen molar-refractivity contribution in [2.75, 3.05) is 13.7 Å². The second-order valence-electron chi connectivity index (χ2n) is 14.2. The van der Waals surface area contributed by atoms with Crippen molar-refractivity contribution in [1.82, 2.24) is 0 Å². The van der Waals surface area contributed by atoms with Gasteiger partial charge in [0.1, 0.15) is 7.11 Å². The van der Waals surface area contributed by atoms with Crippen LogP contribution in [0.3, 0.4) is 0 Å². The molecule has 6 heteroatoms. The molecule has 0 amide bonds. The Hall–Kier alpha value is -0.436. The lowest BCUT2D eigenvalue weighted by Crippen LogP contribution is -2.51. The van der Waals surface area contributed by atoms with E-state index in [-0.39, 0.29) is 0 Å². The minimum Gasteiger partial charge on any atom is -0.414 e. The number of fused-ring (bicyclic) bond motifs is 5. The Morgan fingerprint density at radius 1 is 0.971 bits per heavy atom. The lowest BCUT2D eigenvalue weighted by atomic mass is 9.47. The molecule has 4 nitrogen and oxygen atoms in total. The molecule has 0 N–H and O–H groups in total. The number of rotatable bonds is 7. The molecule has 4 rings (SSSR count). The van der Waals surface area contributed by atoms with Gasteiger partial charge < -0.3 is 13.7 Å². The Morgan fingerprint density at radius 3 is 2.35 bits per heavy atom. The summed E-state index contributed by atoms with van der Waals surface area (Å²) in [6.45, 7) is 19.6. The molecule has 0 aromatic carbocycles. The van der Waals surface area contributed by atoms with E-state index >= 15 is 0 Å². The van der Waals surface area contributed by atoms with Crippen molar-refractivity contribution in [2.45, 2.75) is 111 Å². The SMILES string of the molecule is CO/N=C(/CO[Si](C)(C)C)[C@H]1CC[C@H]2[C@@H]3CC=C4C[C@@H](O[Si](C)(C)C)CC[C@]4(C)[C@H]3CC[C@]12C. The fourth-order valence-electron chi connectivity index (χ4n) is 8.37. The standard InChI is InChI=1S/C28H51NO3Si2/c1-27-16-14-21(32-34(7,8)9)18-20(27)10-11-22-23-12-13-25(28(23,2)17-15-24(22)27)26(29-30-3)19-31-33(4,5)6/h10,21-25H,11-19H2,1-9H3/b29-26-/t21-,22-,23-,24-,25+,27-,28-/m0/s1. The maximum Gasteiger partial charge on any atom is 0.184 e. The zero-order valence-corrected chi connectivity index (χ0v) is 25.5. The van der Waals surface area contributed by atoms with Crippen LogP contribution in [0.1, 0.15) is 65.2 Å². The van der Waals surface area contributed by atoms with Crippen LogP contribution in [0.15, 0.2) is 16.8 Å². The summed E-state index contributed by atoms with van der Waals surface area (Å²) in [5.74, 6) is 2.93. The summed E-state index contributed by atoms with van der Waals surface area (Å²) < 4.78 is 12.9. The molecule has 4 aliphatic rings. The van der Waals surface area contributed by atoms with Gasteiger partial charge in [-0.1, -0.05) is 30.7 Å². The Bertz CT molecular complexity index is 813. The maximum atomic E-state index is 6.57. The summed E-state index contributed by atoms with van der Waals surface area (Å²) in [6, 6.07) is 0. The second-order valence-corrected chi connectivity index (χ2v) is 23.2. The van der Waals surface area contributed by atoms with E-state index < -0.39 is 16.6 Å². The molecule has 0 heterocycles. The second kappa shape index (κ2) is 9.46. The summed E-state index contributed by atoms with van der Waals surface area (Å²) in [6.07, 6.45) is 13.3. The third kappa shape index (κ3) is 5.16. The highest BCUT2D eigenvalue weighted by atomic mass is 28.4. The summed E-state index contributed by atoms with van der Waals surface area (Å²) in [7, 11) is -1.40. The largest absolute Gasteiger partial charge is 0.414 e. The Balaban J connectivity index is 1.53. The van der Waals surface area contributed by atoms with Crippen molar-refractivity contribution in [3.05, 3.63) is 11.6 Å². The van der Waals surface area contributed by atoms with Crippen LogP contribution < -0.4 is 0 Å². The summed E-state index contributed by atoms with van der Waals surface area (Å²) in [5, 5.41) is 4.56. The predicted molar refractivity (Wildman–Crippen MR) is 147 cm³/mol. The van der Waals surface area contributed by atoms with E-state index in [0.717, 1.165) is 23.5 Å². The van der Waals surface area contributed by atoms with Gasteiger partial charge in [0.05, 0.1) is 12.3 Å². The minimum absolute atomic E-state index is 0.321. The molecule has 3 saturated carbocycles. The van der Waals surface area contributed by atoms with Crippen molar-refractivity contribution in [1.29, 1.82) is 0 Å². The first-order chi connectivity index (χ1) is 15.8. The van der Waals surface area contributed by atoms with Crippen molar-refractivity contribution >= 4 is 22.3 Å². The van der Waals surface area contributed by atoms with Gasteiger partial charge in [0.25, 0.3) is 0 Å². The third-order valence-electron chi connectivity index (χ3n) is 9.84. The molecule has 0 aromatic heterocycles. The molecule has 34 heavy (non-hydrogen) atoms. The van der Waals surface area contributed by atoms with E-state index in [4.69, 9.17) is 13.7 Å². The van der Waals surface area contributed by atoms with Gasteiger partial charge in [-0.2, -0.15) is 0 Å². The van der Waals surface area contributed by atoms with Gasteiger partial charge in [-0.15, -0.1) is 0 Å². The fraction of sp³-hybridized carbons (Fsp3) is 0.893. The quantitative estimate of drug-likeness (QED) is 0.154. The lowest BCUT2D eigenvalue weighted by molar-refractivity contribution is -0.0415. The summed E-state index contributed by atoms with van der Waals surface area (Å²) in [5.41, 5.74) is 3.59. The predicted octanol–water partition coefficient (Wildman–Crippen LogP) is 7.64. The highest BCUT2D eigenvalue weighted by Crippen LogP contribution is 2.66. The van der Waals surface area contributed by atoms with Gasteiger partial charge in [-0.25, -0.2) is 0 Å². The first-order valence-corrected chi connectivity index (χ1v) is 20.7. The number of hydrogen-bond donors (Lipinski definition) is 0. The zero-order valence-electron chi connectivity index (χ0n) is 23.5. The van der Waals surface area contributed by atoms with Crippen molar-refractivity contribution in [2.24, 2.45) is 39.7 Å². The number of nitrogens with zero attached hydrogens (tertiary/aromatic N) is 1. The molecule has 0 unspecified atom stereocenters. The Morgan fingerprint density at radius 2 is 1.71 bits per heavy atom. The molecule has 0 aliphatic heterocycles. The van der Waals surface area contributed by atoms with Crippen LogP contribution in [0.25, 0.3) is 0 Å². The number of hydrogen-bond acceptors (Lipinski definition) is 4. The Kier molecular flexibility index (Phi) is 7.41. The molecular weight excluding hydrogens is 454 g/mol. The molecule has 7 atom stereocenters. The zero-order chi connectivity index (χ0) is 24.9. The van der Waals surface area contributed by atoms with Crippen LogP contribution in [0.4, 0.5) is 0 Å². The average molecular weight is 506 g/mol. The smallest absolute Gasteiger partial charge is 0.184 e. The Labute approximate surface area is 211 Å². The van der Waals surface area contributed by atoms with Gasteiger partial charge in [-0.05, 0) is 119 Å². The van der Waals surface area contributed by atoms with Crippen LogP contribution in [-0.4, -0.2) is 42.2 Å². The van der Waals surface area contributed by atoms with Gasteiger partial charge in [-0.3, -0.25) is 0 Å². The molecule has 194 valence electrons. The van der Waals surface area contributed by atoms with Crippen LogP contribution in [0.2, 0.25) is 39.3 Å². The summed E-state index contributed by atoms with van der Waals surface area (Å²) >= 11 is 0. The van der Waals surface area contributed by atoms with E-state index in [1.54, 1.807) is 12.7 Å². The molecule has 0 saturated heterocycles. The van der Waals surface area contributed by atoms with Crippen LogP contribution in [0, 0.1) is 34.5 Å². The lowest BCUT2D eigenvalue weighted by Gasteiger charge is -2.58. The van der Waals surface area contributed by atoms with Gasteiger partial charge in [0.15, 0.2) is 16.6 Å². The van der Waals surface area contributed by atoms with E-state index in [1.807, 2.05) is 0 Å². The first kappa shape index (κ1) is 26.6. The molecule has 0 spiro atoms. The van der Waals surface area contributed by atoms with Gasteiger partial charge in [0, 0.05) is 12.0 Å². The molecule has 0 bridgehead atoms. The van der Waals surface area contributed by atoms with Crippen molar-refractivity contribution < 1.29 is 13.7 Å². The molecule has 4 aliphatic carbocycles. The van der Waals surface area contributed by atoms with Crippen LogP contribution >= 0.6 is 0 Å². The number of allylic oxidation sites excluding steroid dienone is 1. The minimum atomic E-state index is -1.60. The highest BCUT2D eigenvalue weighted by Gasteiger charge is 2.59. The monoisotopic (exact) mass is 505 g/mol. The van der Waals surface area contributed by atoms with E-state index in [2.05, 4.69) is 64.4 Å². The number of oxime groups is 1. The topological polar surface area (TPSA) is 40.0 Å². The van der Waals surface area contributed by atoms with Gasteiger partial charge in [0.2, 0.25) is 0 Å². The highest BCUT2D eigenvalue weighted by molar-refractivity contribution is 6.70. The molecular formula is C28H51NO3Si2. The molecule has 0 aromatic rings. The molecule has 0 radical (unpaired) electrons. The first-order valence-electron chi connectivity index (χ1n) is 13.9. The molecule has 3 fully saturated rings. The van der Waals surface area contributed by atoms with Crippen molar-refractivity contribution in [3.8, 4) is 0 Å². The van der Waals surface area contributed by atoms with Crippen LogP contribution in [0.5, 0.6) is 0 Å². The average Bonchev–Trinajstić information content (AvgIpc) is 3.07. The van der Waals surface area contributed by atoms with E-state index in [0.29, 0.717) is 29.5 Å². The van der Waals surface area contributed by atoms with E-state index in [9.17, 15) is 0 Å². The normalized spacial score (nSPS) is 40.8. The summed E-state index contributed by atoms with van der Waals surface area (Å²) in [4.78, 5) is 5.35. The van der Waals surface area contributed by atoms with Crippen LogP contribution in [-0.2, 0) is 13.7 Å². The van der Waals surface area contributed by atoms with Crippen molar-refractivity contribution in [3.63, 3.8) is 0 Å². The maximum absolute atomic E-state index is 6.57. The van der Waals surface area contributed by atoms with Gasteiger partial charge >= 0.3 is 0 Å².